The second kappa shape index (κ2) is 5.38. The molecule has 17 heavy (non-hydrogen) atoms. The third kappa shape index (κ3) is 2.81. The third-order valence-electron chi connectivity index (χ3n) is 3.09. The van der Waals surface area contributed by atoms with E-state index in [4.69, 9.17) is 0 Å². The zero-order valence-corrected chi connectivity index (χ0v) is 11.3. The van der Waals surface area contributed by atoms with Crippen LogP contribution in [0.2, 0.25) is 0 Å². The summed E-state index contributed by atoms with van der Waals surface area (Å²) in [6.07, 6.45) is 4.03. The van der Waals surface area contributed by atoms with Gasteiger partial charge < -0.3 is 5.32 Å². The summed E-state index contributed by atoms with van der Waals surface area (Å²) in [7, 11) is 0. The van der Waals surface area contributed by atoms with E-state index in [0.29, 0.717) is 6.04 Å². The molecule has 0 saturated carbocycles. The van der Waals surface area contributed by atoms with Crippen LogP contribution >= 0.6 is 23.1 Å². The molecule has 1 aliphatic heterocycles. The van der Waals surface area contributed by atoms with Crippen LogP contribution in [0.3, 0.4) is 0 Å². The fourth-order valence-corrected chi connectivity index (χ4v) is 4.35. The van der Waals surface area contributed by atoms with Gasteiger partial charge in [-0.05, 0) is 31.5 Å². The molecule has 0 unspecified atom stereocenters. The molecule has 1 aromatic carbocycles. The number of thiazole rings is 1. The van der Waals surface area contributed by atoms with Crippen molar-refractivity contribution in [2.24, 2.45) is 0 Å². The van der Waals surface area contributed by atoms with Crippen LogP contribution in [0.1, 0.15) is 19.3 Å². The lowest BCUT2D eigenvalue weighted by Crippen LogP contribution is -2.35. The van der Waals surface area contributed by atoms with E-state index in [1.54, 1.807) is 0 Å². The van der Waals surface area contributed by atoms with Gasteiger partial charge in [0.15, 0.2) is 4.34 Å². The SMILES string of the molecule is c1ccc2sc(SC[C@H]3CCCCN3)nc2c1. The number of para-hydroxylation sites is 1. The molecule has 0 aliphatic carbocycles. The lowest BCUT2D eigenvalue weighted by atomic mass is 10.1. The monoisotopic (exact) mass is 264 g/mol. The maximum absolute atomic E-state index is 4.65. The molecule has 1 aromatic heterocycles. The maximum Gasteiger partial charge on any atom is 0.151 e. The molecule has 1 saturated heterocycles. The van der Waals surface area contributed by atoms with E-state index in [1.807, 2.05) is 23.1 Å². The second-order valence-electron chi connectivity index (χ2n) is 4.41. The normalized spacial score (nSPS) is 20.8. The molecule has 0 radical (unpaired) electrons. The standard InChI is InChI=1S/C13H16N2S2/c1-2-7-12-11(6-1)15-13(17-12)16-9-10-5-3-4-8-14-10/h1-2,6-7,10,14H,3-5,8-9H2/t10-/m1/s1. The third-order valence-corrected chi connectivity index (χ3v) is 5.44. The number of fused-ring (bicyclic) bond motifs is 1. The van der Waals surface area contributed by atoms with Crippen molar-refractivity contribution in [2.45, 2.75) is 29.6 Å². The number of piperidine rings is 1. The van der Waals surface area contributed by atoms with E-state index >= 15 is 0 Å². The quantitative estimate of drug-likeness (QED) is 0.858. The van der Waals surface area contributed by atoms with Crippen LogP contribution in [0.4, 0.5) is 0 Å². The summed E-state index contributed by atoms with van der Waals surface area (Å²) in [4.78, 5) is 4.65. The van der Waals surface area contributed by atoms with Crippen LogP contribution in [0, 0.1) is 0 Å². The lowest BCUT2D eigenvalue weighted by molar-refractivity contribution is 0.430. The molecular weight excluding hydrogens is 248 g/mol. The Balaban J connectivity index is 1.64. The maximum atomic E-state index is 4.65. The smallest absolute Gasteiger partial charge is 0.151 e. The average Bonchev–Trinajstić information content (AvgIpc) is 2.80. The first-order valence-electron chi connectivity index (χ1n) is 6.13. The van der Waals surface area contributed by atoms with Gasteiger partial charge in [-0.3, -0.25) is 0 Å². The van der Waals surface area contributed by atoms with Gasteiger partial charge in [-0.1, -0.05) is 30.3 Å². The van der Waals surface area contributed by atoms with Gasteiger partial charge in [0.05, 0.1) is 10.2 Å². The molecule has 1 aliphatic rings. The Morgan fingerprint density at radius 2 is 2.29 bits per heavy atom. The highest BCUT2D eigenvalue weighted by Gasteiger charge is 2.13. The molecular formula is C13H16N2S2. The first-order chi connectivity index (χ1) is 8.42. The molecule has 1 N–H and O–H groups in total. The minimum atomic E-state index is 0.681. The fourth-order valence-electron chi connectivity index (χ4n) is 2.15. The Bertz CT molecular complexity index is 456. The van der Waals surface area contributed by atoms with Crippen molar-refractivity contribution in [3.63, 3.8) is 0 Å². The lowest BCUT2D eigenvalue weighted by Gasteiger charge is -2.22. The molecule has 90 valence electrons. The minimum absolute atomic E-state index is 0.681. The van der Waals surface area contributed by atoms with Crippen molar-refractivity contribution in [3.8, 4) is 0 Å². The average molecular weight is 264 g/mol. The van der Waals surface area contributed by atoms with Crippen molar-refractivity contribution >= 4 is 33.3 Å². The van der Waals surface area contributed by atoms with E-state index in [1.165, 1.54) is 34.8 Å². The molecule has 3 rings (SSSR count). The molecule has 2 aromatic rings. The summed E-state index contributed by atoms with van der Waals surface area (Å²) < 4.78 is 2.50. The van der Waals surface area contributed by atoms with Crippen LogP contribution in [0.25, 0.3) is 10.2 Å². The fraction of sp³-hybridized carbons (Fsp3) is 0.462. The summed E-state index contributed by atoms with van der Waals surface area (Å²) in [6, 6.07) is 9.06. The summed E-state index contributed by atoms with van der Waals surface area (Å²) in [5.41, 5.74) is 1.14. The molecule has 1 atom stereocenters. The van der Waals surface area contributed by atoms with Gasteiger partial charge in [-0.2, -0.15) is 0 Å². The molecule has 4 heteroatoms. The van der Waals surface area contributed by atoms with Crippen LogP contribution in [0.15, 0.2) is 28.6 Å². The zero-order chi connectivity index (χ0) is 11.5. The molecule has 0 amide bonds. The molecule has 2 nitrogen and oxygen atoms in total. The van der Waals surface area contributed by atoms with Gasteiger partial charge in [0, 0.05) is 11.8 Å². The molecule has 0 spiro atoms. The summed E-state index contributed by atoms with van der Waals surface area (Å²) in [6.45, 7) is 1.19. The van der Waals surface area contributed by atoms with Crippen LogP contribution in [0.5, 0.6) is 0 Å². The Morgan fingerprint density at radius 3 is 3.12 bits per heavy atom. The number of nitrogens with zero attached hydrogens (tertiary/aromatic N) is 1. The van der Waals surface area contributed by atoms with Crippen molar-refractivity contribution in [3.05, 3.63) is 24.3 Å². The Kier molecular flexibility index (Phi) is 3.64. The van der Waals surface area contributed by atoms with Gasteiger partial charge >= 0.3 is 0 Å². The minimum Gasteiger partial charge on any atom is -0.313 e. The topological polar surface area (TPSA) is 24.9 Å². The van der Waals surface area contributed by atoms with Gasteiger partial charge in [-0.15, -0.1) is 11.3 Å². The van der Waals surface area contributed by atoms with Gasteiger partial charge in [0.1, 0.15) is 0 Å². The number of hydrogen-bond donors (Lipinski definition) is 1. The summed E-state index contributed by atoms with van der Waals surface area (Å²) >= 11 is 3.71. The Labute approximate surface area is 110 Å². The van der Waals surface area contributed by atoms with Gasteiger partial charge in [-0.25, -0.2) is 4.98 Å². The molecule has 1 fully saturated rings. The highest BCUT2D eigenvalue weighted by molar-refractivity contribution is 8.01. The Morgan fingerprint density at radius 1 is 1.35 bits per heavy atom. The van der Waals surface area contributed by atoms with Gasteiger partial charge in [0.25, 0.3) is 0 Å². The second-order valence-corrected chi connectivity index (χ2v) is 6.70. The number of rotatable bonds is 3. The number of aromatic nitrogens is 1. The van der Waals surface area contributed by atoms with Crippen molar-refractivity contribution in [1.29, 1.82) is 0 Å². The predicted molar refractivity (Wildman–Crippen MR) is 76.0 cm³/mol. The summed E-state index contributed by atoms with van der Waals surface area (Å²) in [5, 5.41) is 3.58. The van der Waals surface area contributed by atoms with Gasteiger partial charge in [0.2, 0.25) is 0 Å². The van der Waals surface area contributed by atoms with Crippen molar-refractivity contribution < 1.29 is 0 Å². The van der Waals surface area contributed by atoms with E-state index < -0.39 is 0 Å². The van der Waals surface area contributed by atoms with E-state index in [9.17, 15) is 0 Å². The highest BCUT2D eigenvalue weighted by atomic mass is 32.2. The predicted octanol–water partition coefficient (Wildman–Crippen LogP) is 3.53. The number of nitrogens with one attached hydrogen (secondary N) is 1. The Hall–Kier alpha value is -0.580. The van der Waals surface area contributed by atoms with Crippen LogP contribution in [-0.2, 0) is 0 Å². The van der Waals surface area contributed by atoms with Crippen LogP contribution < -0.4 is 5.32 Å². The first-order valence-corrected chi connectivity index (χ1v) is 7.94. The van der Waals surface area contributed by atoms with Crippen molar-refractivity contribution in [2.75, 3.05) is 12.3 Å². The molecule has 2 heterocycles. The van der Waals surface area contributed by atoms with E-state index in [2.05, 4.69) is 34.6 Å². The van der Waals surface area contributed by atoms with Crippen LogP contribution in [-0.4, -0.2) is 23.3 Å². The summed E-state index contributed by atoms with van der Waals surface area (Å²) in [5.74, 6) is 1.15. The van der Waals surface area contributed by atoms with E-state index in [0.717, 1.165) is 11.3 Å². The zero-order valence-electron chi connectivity index (χ0n) is 9.69. The first kappa shape index (κ1) is 11.5. The van der Waals surface area contributed by atoms with Crippen molar-refractivity contribution in [1.82, 2.24) is 10.3 Å². The number of thioether (sulfide) groups is 1. The molecule has 0 bridgehead atoms. The van der Waals surface area contributed by atoms with E-state index in [-0.39, 0.29) is 0 Å². The number of benzene rings is 1. The largest absolute Gasteiger partial charge is 0.313 e. The number of hydrogen-bond acceptors (Lipinski definition) is 4. The highest BCUT2D eigenvalue weighted by Crippen LogP contribution is 2.30.